The average molecular weight is 313 g/mol. The summed E-state index contributed by atoms with van der Waals surface area (Å²) < 4.78 is 2.00. The molecule has 2 N–H and O–H groups in total. The molecule has 0 amide bonds. The summed E-state index contributed by atoms with van der Waals surface area (Å²) in [4.78, 5) is 0. The van der Waals surface area contributed by atoms with E-state index in [-0.39, 0.29) is 11.3 Å². The van der Waals surface area contributed by atoms with Gasteiger partial charge in [-0.2, -0.15) is 5.10 Å². The van der Waals surface area contributed by atoms with Crippen molar-refractivity contribution in [2.45, 2.75) is 58.8 Å². The van der Waals surface area contributed by atoms with Gasteiger partial charge in [-0.25, -0.2) is 0 Å². The highest BCUT2D eigenvalue weighted by Gasteiger charge is 2.22. The van der Waals surface area contributed by atoms with Gasteiger partial charge in [-0.1, -0.05) is 52.8 Å². The van der Waals surface area contributed by atoms with Gasteiger partial charge in [-0.05, 0) is 41.0 Å². The molecule has 0 bridgehead atoms. The van der Waals surface area contributed by atoms with E-state index < -0.39 is 0 Å². The minimum absolute atomic E-state index is 0.136. The normalized spacial score (nSPS) is 13.6. The zero-order valence-electron chi connectivity index (χ0n) is 15.6. The van der Waals surface area contributed by atoms with Gasteiger partial charge in [-0.15, -0.1) is 0 Å². The van der Waals surface area contributed by atoms with Crippen LogP contribution in [0.3, 0.4) is 0 Å². The SMILES string of the molecule is Cc1ccc(C(C)(C)C)cc1C(CN)c1cc(C(C)C)nn1C. The second-order valence-electron chi connectivity index (χ2n) is 7.88. The van der Waals surface area contributed by atoms with E-state index in [0.717, 1.165) is 5.69 Å². The fraction of sp³-hybridized carbons (Fsp3) is 0.550. The molecule has 0 aliphatic carbocycles. The molecule has 1 atom stereocenters. The fourth-order valence-corrected chi connectivity index (χ4v) is 3.00. The smallest absolute Gasteiger partial charge is 0.0653 e. The Morgan fingerprint density at radius 3 is 2.30 bits per heavy atom. The average Bonchev–Trinajstić information content (AvgIpc) is 2.83. The first-order chi connectivity index (χ1) is 10.6. The lowest BCUT2D eigenvalue weighted by atomic mass is 9.82. The molecule has 0 fully saturated rings. The zero-order valence-corrected chi connectivity index (χ0v) is 15.6. The molecule has 0 spiro atoms. The number of benzene rings is 1. The number of hydrogen-bond acceptors (Lipinski definition) is 2. The van der Waals surface area contributed by atoms with E-state index in [9.17, 15) is 0 Å². The maximum Gasteiger partial charge on any atom is 0.0653 e. The summed E-state index contributed by atoms with van der Waals surface area (Å²) >= 11 is 0. The number of hydrogen-bond donors (Lipinski definition) is 1. The molecule has 2 rings (SSSR count). The third-order valence-corrected chi connectivity index (χ3v) is 4.64. The first kappa shape index (κ1) is 17.7. The van der Waals surface area contributed by atoms with Crippen LogP contribution in [0.4, 0.5) is 0 Å². The van der Waals surface area contributed by atoms with Gasteiger partial charge in [0.25, 0.3) is 0 Å². The van der Waals surface area contributed by atoms with E-state index in [1.807, 2.05) is 11.7 Å². The largest absolute Gasteiger partial charge is 0.329 e. The third-order valence-electron chi connectivity index (χ3n) is 4.64. The highest BCUT2D eigenvalue weighted by Crippen LogP contribution is 2.32. The predicted molar refractivity (Wildman–Crippen MR) is 98.1 cm³/mol. The van der Waals surface area contributed by atoms with Crippen molar-refractivity contribution in [3.8, 4) is 0 Å². The van der Waals surface area contributed by atoms with E-state index >= 15 is 0 Å². The Bertz CT molecular complexity index is 675. The maximum atomic E-state index is 6.18. The summed E-state index contributed by atoms with van der Waals surface area (Å²) in [6.45, 7) is 13.9. The number of nitrogens with two attached hydrogens (primary N) is 1. The Morgan fingerprint density at radius 1 is 1.17 bits per heavy atom. The number of nitrogens with zero attached hydrogens (tertiary/aromatic N) is 2. The molecule has 3 nitrogen and oxygen atoms in total. The van der Waals surface area contributed by atoms with Crippen LogP contribution in [0.1, 0.15) is 74.5 Å². The zero-order chi connectivity index (χ0) is 17.4. The van der Waals surface area contributed by atoms with Crippen molar-refractivity contribution >= 4 is 0 Å². The van der Waals surface area contributed by atoms with Crippen LogP contribution in [0.2, 0.25) is 0 Å². The fourth-order valence-electron chi connectivity index (χ4n) is 3.00. The second kappa shape index (κ2) is 6.48. The third kappa shape index (κ3) is 3.66. The van der Waals surface area contributed by atoms with Gasteiger partial charge < -0.3 is 5.73 Å². The molecule has 1 aromatic carbocycles. The first-order valence-corrected chi connectivity index (χ1v) is 8.50. The lowest BCUT2D eigenvalue weighted by Crippen LogP contribution is -2.19. The molecule has 1 aromatic heterocycles. The molecule has 1 unspecified atom stereocenters. The second-order valence-corrected chi connectivity index (χ2v) is 7.88. The Labute approximate surface area is 140 Å². The molecule has 126 valence electrons. The minimum atomic E-state index is 0.136. The Hall–Kier alpha value is -1.61. The van der Waals surface area contributed by atoms with Gasteiger partial charge in [0.05, 0.1) is 5.69 Å². The van der Waals surface area contributed by atoms with Crippen LogP contribution in [0.15, 0.2) is 24.3 Å². The molecule has 0 radical (unpaired) electrons. The lowest BCUT2D eigenvalue weighted by molar-refractivity contribution is 0.586. The molecule has 0 aliphatic rings. The minimum Gasteiger partial charge on any atom is -0.329 e. The van der Waals surface area contributed by atoms with Crippen LogP contribution in [0.5, 0.6) is 0 Å². The van der Waals surface area contributed by atoms with Crippen LogP contribution >= 0.6 is 0 Å². The van der Waals surface area contributed by atoms with E-state index in [0.29, 0.717) is 12.5 Å². The maximum absolute atomic E-state index is 6.18. The molecule has 23 heavy (non-hydrogen) atoms. The van der Waals surface area contributed by atoms with Crippen LogP contribution in [-0.2, 0) is 12.5 Å². The molecular formula is C20H31N3. The van der Waals surface area contributed by atoms with Gasteiger partial charge in [0.1, 0.15) is 0 Å². The number of rotatable bonds is 4. The Morgan fingerprint density at radius 2 is 1.83 bits per heavy atom. The van der Waals surface area contributed by atoms with E-state index in [1.54, 1.807) is 0 Å². The Balaban J connectivity index is 2.53. The highest BCUT2D eigenvalue weighted by molar-refractivity contribution is 5.41. The van der Waals surface area contributed by atoms with Gasteiger partial charge >= 0.3 is 0 Å². The summed E-state index contributed by atoms with van der Waals surface area (Å²) in [6.07, 6.45) is 0. The standard InChI is InChI=1S/C20H31N3/c1-13(2)18-11-19(23(7)22-18)17(12-21)16-10-15(20(4,5)6)9-8-14(16)3/h8-11,13,17H,12,21H2,1-7H3. The number of aromatic nitrogens is 2. The van der Waals surface area contributed by atoms with Crippen molar-refractivity contribution in [3.63, 3.8) is 0 Å². The summed E-state index contributed by atoms with van der Waals surface area (Å²) in [5.74, 6) is 0.609. The van der Waals surface area contributed by atoms with Gasteiger partial charge in [-0.3, -0.25) is 4.68 Å². The summed E-state index contributed by atoms with van der Waals surface area (Å²) in [5.41, 5.74) is 12.6. The van der Waals surface area contributed by atoms with Crippen LogP contribution in [0, 0.1) is 6.92 Å². The van der Waals surface area contributed by atoms with Crippen LogP contribution < -0.4 is 5.73 Å². The molecule has 2 aromatic rings. The lowest BCUT2D eigenvalue weighted by Gasteiger charge is -2.24. The monoisotopic (exact) mass is 313 g/mol. The molecule has 3 heteroatoms. The first-order valence-electron chi connectivity index (χ1n) is 8.50. The van der Waals surface area contributed by atoms with E-state index in [4.69, 9.17) is 5.73 Å². The van der Waals surface area contributed by atoms with Crippen molar-refractivity contribution in [2.24, 2.45) is 12.8 Å². The van der Waals surface area contributed by atoms with Crippen molar-refractivity contribution in [1.29, 1.82) is 0 Å². The van der Waals surface area contributed by atoms with Crippen LogP contribution in [0.25, 0.3) is 0 Å². The van der Waals surface area contributed by atoms with Crippen molar-refractivity contribution in [3.05, 3.63) is 52.3 Å². The van der Waals surface area contributed by atoms with Crippen molar-refractivity contribution < 1.29 is 0 Å². The molecule has 0 aliphatic heterocycles. The molecular weight excluding hydrogens is 282 g/mol. The molecule has 1 heterocycles. The predicted octanol–water partition coefficient (Wildman–Crippen LogP) is 4.24. The number of aryl methyl sites for hydroxylation is 2. The van der Waals surface area contributed by atoms with Gasteiger partial charge in [0.2, 0.25) is 0 Å². The molecule has 0 saturated heterocycles. The topological polar surface area (TPSA) is 43.8 Å². The summed E-state index contributed by atoms with van der Waals surface area (Å²) in [7, 11) is 2.02. The van der Waals surface area contributed by atoms with E-state index in [2.05, 4.69) is 70.9 Å². The van der Waals surface area contributed by atoms with Crippen molar-refractivity contribution in [2.75, 3.05) is 6.54 Å². The quantitative estimate of drug-likeness (QED) is 0.917. The molecule has 0 saturated carbocycles. The van der Waals surface area contributed by atoms with Gasteiger partial charge in [0.15, 0.2) is 0 Å². The Kier molecular flexibility index (Phi) is 5.00. The van der Waals surface area contributed by atoms with Gasteiger partial charge in [0, 0.05) is 25.2 Å². The summed E-state index contributed by atoms with van der Waals surface area (Å²) in [5, 5.41) is 4.67. The highest BCUT2D eigenvalue weighted by atomic mass is 15.3. The van der Waals surface area contributed by atoms with Crippen LogP contribution in [-0.4, -0.2) is 16.3 Å². The van der Waals surface area contributed by atoms with Crippen molar-refractivity contribution in [1.82, 2.24) is 9.78 Å². The van der Waals surface area contributed by atoms with E-state index in [1.165, 1.54) is 22.4 Å². The summed E-state index contributed by atoms with van der Waals surface area (Å²) in [6, 6.07) is 8.99.